The quantitative estimate of drug-likeness (QED) is 0.381. The summed E-state index contributed by atoms with van der Waals surface area (Å²) in [7, 11) is 0. The van der Waals surface area contributed by atoms with E-state index in [0.29, 0.717) is 22.1 Å². The molecule has 3 heterocycles. The Kier molecular flexibility index (Phi) is 5.51. The largest absolute Gasteiger partial charge is 0.467 e. The highest BCUT2D eigenvalue weighted by atomic mass is 32.1. The number of amides is 3. The molecule has 0 N–H and O–H groups in total. The summed E-state index contributed by atoms with van der Waals surface area (Å²) in [5.74, 6) is -0.172. The minimum absolute atomic E-state index is 0.188. The van der Waals surface area contributed by atoms with Crippen LogP contribution in [0.5, 0.6) is 0 Å². The van der Waals surface area contributed by atoms with Crippen molar-refractivity contribution in [3.05, 3.63) is 77.7 Å². The van der Waals surface area contributed by atoms with Gasteiger partial charge in [0.15, 0.2) is 5.13 Å². The molecule has 2 aromatic carbocycles. The van der Waals surface area contributed by atoms with Gasteiger partial charge in [0, 0.05) is 18.4 Å². The lowest BCUT2D eigenvalue weighted by atomic mass is 10.1. The standard InChI is InChI=1S/C25H21N3O4S/c1-2-16-6-4-10-20-23(16)26-25(33-20)27(15-19-9-5-13-32-19)24(31)17-7-3-8-18(14-17)28-21(29)11-12-22(28)30/h3-10,13-14H,2,11-12,15H2,1H3. The summed E-state index contributed by atoms with van der Waals surface area (Å²) in [6.07, 6.45) is 2.78. The highest BCUT2D eigenvalue weighted by Gasteiger charge is 2.31. The maximum Gasteiger partial charge on any atom is 0.260 e. The Morgan fingerprint density at radius 2 is 1.88 bits per heavy atom. The molecule has 0 radical (unpaired) electrons. The van der Waals surface area contributed by atoms with Crippen molar-refractivity contribution in [2.24, 2.45) is 0 Å². The van der Waals surface area contributed by atoms with Gasteiger partial charge >= 0.3 is 0 Å². The number of aryl methyl sites for hydroxylation is 1. The van der Waals surface area contributed by atoms with E-state index < -0.39 is 0 Å². The first kappa shape index (κ1) is 21.1. The average Bonchev–Trinajstić information content (AvgIpc) is 3.57. The second-order valence-corrected chi connectivity index (χ2v) is 8.77. The molecular formula is C25H21N3O4S. The fourth-order valence-corrected chi connectivity index (χ4v) is 4.99. The summed E-state index contributed by atoms with van der Waals surface area (Å²) in [4.78, 5) is 45.6. The van der Waals surface area contributed by atoms with Crippen molar-refractivity contribution in [1.29, 1.82) is 0 Å². The summed E-state index contributed by atoms with van der Waals surface area (Å²) in [6, 6.07) is 16.2. The minimum Gasteiger partial charge on any atom is -0.467 e. The molecule has 5 rings (SSSR count). The number of anilines is 2. The zero-order valence-electron chi connectivity index (χ0n) is 18.0. The first-order valence-corrected chi connectivity index (χ1v) is 11.6. The summed E-state index contributed by atoms with van der Waals surface area (Å²) in [5.41, 5.74) is 2.78. The number of furan rings is 1. The number of fused-ring (bicyclic) bond motifs is 1. The van der Waals surface area contributed by atoms with E-state index in [4.69, 9.17) is 9.40 Å². The number of imide groups is 1. The van der Waals surface area contributed by atoms with E-state index in [1.807, 2.05) is 24.3 Å². The van der Waals surface area contributed by atoms with Gasteiger partial charge < -0.3 is 4.42 Å². The van der Waals surface area contributed by atoms with Crippen molar-refractivity contribution < 1.29 is 18.8 Å². The van der Waals surface area contributed by atoms with E-state index in [9.17, 15) is 14.4 Å². The predicted molar refractivity (Wildman–Crippen MR) is 126 cm³/mol. The van der Waals surface area contributed by atoms with Gasteiger partial charge in [-0.1, -0.05) is 36.5 Å². The molecule has 1 aliphatic heterocycles. The maximum absolute atomic E-state index is 13.7. The lowest BCUT2D eigenvalue weighted by Crippen LogP contribution is -2.31. The normalized spacial score (nSPS) is 13.8. The molecule has 0 unspecified atom stereocenters. The van der Waals surface area contributed by atoms with Gasteiger partial charge in [-0.25, -0.2) is 4.98 Å². The van der Waals surface area contributed by atoms with Crippen molar-refractivity contribution in [3.8, 4) is 0 Å². The third kappa shape index (κ3) is 3.93. The zero-order chi connectivity index (χ0) is 22.9. The van der Waals surface area contributed by atoms with Gasteiger partial charge in [-0.3, -0.25) is 24.2 Å². The van der Waals surface area contributed by atoms with Crippen LogP contribution < -0.4 is 9.80 Å². The van der Waals surface area contributed by atoms with Crippen LogP contribution in [-0.4, -0.2) is 22.7 Å². The number of carbonyl (C=O) groups is 3. The van der Waals surface area contributed by atoms with Crippen LogP contribution in [-0.2, 0) is 22.6 Å². The number of carbonyl (C=O) groups excluding carboxylic acids is 3. The van der Waals surface area contributed by atoms with E-state index in [1.165, 1.54) is 11.3 Å². The second-order valence-electron chi connectivity index (χ2n) is 7.76. The Hall–Kier alpha value is -3.78. The van der Waals surface area contributed by atoms with E-state index >= 15 is 0 Å². The summed E-state index contributed by atoms with van der Waals surface area (Å²) >= 11 is 1.44. The molecule has 0 atom stereocenters. The zero-order valence-corrected chi connectivity index (χ0v) is 18.8. The van der Waals surface area contributed by atoms with Crippen LogP contribution >= 0.6 is 11.3 Å². The fourth-order valence-electron chi connectivity index (χ4n) is 3.98. The lowest BCUT2D eigenvalue weighted by molar-refractivity contribution is -0.121. The average molecular weight is 460 g/mol. The van der Waals surface area contributed by atoms with Gasteiger partial charge in [0.05, 0.1) is 28.7 Å². The number of para-hydroxylation sites is 1. The molecule has 0 spiro atoms. The monoisotopic (exact) mass is 459 g/mol. The third-order valence-electron chi connectivity index (χ3n) is 5.65. The molecule has 33 heavy (non-hydrogen) atoms. The Labute approximate surface area is 194 Å². The van der Waals surface area contributed by atoms with Crippen LogP contribution in [0.1, 0.15) is 41.4 Å². The van der Waals surface area contributed by atoms with Crippen LogP contribution in [0, 0.1) is 0 Å². The van der Waals surface area contributed by atoms with Crippen molar-refractivity contribution in [2.45, 2.75) is 32.7 Å². The van der Waals surface area contributed by atoms with Crippen LogP contribution in [0.2, 0.25) is 0 Å². The van der Waals surface area contributed by atoms with Crippen LogP contribution in [0.4, 0.5) is 10.8 Å². The molecule has 4 aromatic rings. The number of hydrogen-bond acceptors (Lipinski definition) is 6. The molecule has 0 bridgehead atoms. The molecule has 1 saturated heterocycles. The molecule has 1 fully saturated rings. The van der Waals surface area contributed by atoms with Gasteiger partial charge in [-0.15, -0.1) is 0 Å². The summed E-state index contributed by atoms with van der Waals surface area (Å²) in [6.45, 7) is 2.28. The Morgan fingerprint density at radius 1 is 1.09 bits per heavy atom. The molecule has 3 amide bonds. The van der Waals surface area contributed by atoms with Crippen molar-refractivity contribution >= 4 is 50.1 Å². The molecule has 0 aliphatic carbocycles. The lowest BCUT2D eigenvalue weighted by Gasteiger charge is -2.20. The number of benzene rings is 2. The van der Waals surface area contributed by atoms with Crippen molar-refractivity contribution in [2.75, 3.05) is 9.80 Å². The molecular weight excluding hydrogens is 438 g/mol. The minimum atomic E-state index is -0.288. The van der Waals surface area contributed by atoms with Crippen molar-refractivity contribution in [1.82, 2.24) is 4.98 Å². The predicted octanol–water partition coefficient (Wildman–Crippen LogP) is 4.95. The van der Waals surface area contributed by atoms with Crippen LogP contribution in [0.15, 0.2) is 65.3 Å². The number of nitrogens with zero attached hydrogens (tertiary/aromatic N) is 3. The Morgan fingerprint density at radius 3 is 2.61 bits per heavy atom. The third-order valence-corrected chi connectivity index (χ3v) is 6.69. The highest BCUT2D eigenvalue weighted by molar-refractivity contribution is 7.22. The van der Waals surface area contributed by atoms with Crippen molar-refractivity contribution in [3.63, 3.8) is 0 Å². The number of aromatic nitrogens is 1. The second kappa shape index (κ2) is 8.63. The van der Waals surface area contributed by atoms with Crippen LogP contribution in [0.3, 0.4) is 0 Å². The van der Waals surface area contributed by atoms with Gasteiger partial charge in [0.1, 0.15) is 5.76 Å². The Balaban J connectivity index is 1.55. The highest BCUT2D eigenvalue weighted by Crippen LogP contribution is 2.33. The van der Waals surface area contributed by atoms with E-state index in [1.54, 1.807) is 41.5 Å². The molecule has 2 aromatic heterocycles. The van der Waals surface area contributed by atoms with Gasteiger partial charge in [-0.05, 0) is 48.4 Å². The number of hydrogen-bond donors (Lipinski definition) is 0. The SMILES string of the molecule is CCc1cccc2sc(N(Cc3ccco3)C(=O)c3cccc(N4C(=O)CCC4=O)c3)nc12. The smallest absolute Gasteiger partial charge is 0.260 e. The fraction of sp³-hybridized carbons (Fsp3) is 0.200. The maximum atomic E-state index is 13.7. The number of thiazole rings is 1. The molecule has 1 aliphatic rings. The first-order valence-electron chi connectivity index (χ1n) is 10.7. The first-order chi connectivity index (χ1) is 16.0. The van der Waals surface area contributed by atoms with Gasteiger partial charge in [-0.2, -0.15) is 0 Å². The van der Waals surface area contributed by atoms with Gasteiger partial charge in [0.25, 0.3) is 5.91 Å². The molecule has 166 valence electrons. The topological polar surface area (TPSA) is 83.7 Å². The molecule has 7 nitrogen and oxygen atoms in total. The Bertz CT molecular complexity index is 1340. The number of rotatable bonds is 6. The van der Waals surface area contributed by atoms with E-state index in [-0.39, 0.29) is 37.1 Å². The van der Waals surface area contributed by atoms with E-state index in [0.717, 1.165) is 27.1 Å². The van der Waals surface area contributed by atoms with Gasteiger partial charge in [0.2, 0.25) is 11.8 Å². The molecule has 0 saturated carbocycles. The van der Waals surface area contributed by atoms with E-state index in [2.05, 4.69) is 6.92 Å². The van der Waals surface area contributed by atoms with Crippen LogP contribution in [0.25, 0.3) is 10.2 Å². The summed E-state index contributed by atoms with van der Waals surface area (Å²) in [5, 5.41) is 0.561. The summed E-state index contributed by atoms with van der Waals surface area (Å²) < 4.78 is 6.51. The molecule has 8 heteroatoms.